The predicted octanol–water partition coefficient (Wildman–Crippen LogP) is 7.47. The van der Waals surface area contributed by atoms with E-state index in [9.17, 15) is 0 Å². The van der Waals surface area contributed by atoms with E-state index < -0.39 is 0 Å². The van der Waals surface area contributed by atoms with Gasteiger partial charge in [0.25, 0.3) is 0 Å². The number of quaternary nitrogens is 1. The van der Waals surface area contributed by atoms with Crippen molar-refractivity contribution < 1.29 is 28.5 Å². The fraction of sp³-hybridized carbons (Fsp3) is 1.00. The number of halogens is 1. The smallest absolute Gasteiger partial charge is 0.0786 e. The van der Waals surface area contributed by atoms with Gasteiger partial charge in [-0.15, -0.1) is 0 Å². The first kappa shape index (κ1) is 34.9. The maximum absolute atomic E-state index is 2.35. The predicted molar refractivity (Wildman–Crippen MR) is 144 cm³/mol. The van der Waals surface area contributed by atoms with E-state index in [1.54, 1.807) is 0 Å². The topological polar surface area (TPSA) is 0 Å². The molecular weight excluding hydrogens is 501 g/mol. The van der Waals surface area contributed by atoms with Crippen LogP contribution >= 0.6 is 0 Å². The highest BCUT2D eigenvalue weighted by atomic mass is 127. The summed E-state index contributed by atoms with van der Waals surface area (Å²) in [5.41, 5.74) is 0. The Balaban J connectivity index is 0. The van der Waals surface area contributed by atoms with Gasteiger partial charge in [0.2, 0.25) is 0 Å². The second-order valence-electron chi connectivity index (χ2n) is 10.6. The average Bonchev–Trinajstić information content (AvgIpc) is 2.78. The molecule has 2 heteroatoms. The van der Waals surface area contributed by atoms with Crippen molar-refractivity contribution in [2.24, 2.45) is 0 Å². The van der Waals surface area contributed by atoms with Crippen molar-refractivity contribution in [3.8, 4) is 0 Å². The molecular formula is C30H64IN. The van der Waals surface area contributed by atoms with E-state index in [2.05, 4.69) is 27.7 Å². The van der Waals surface area contributed by atoms with Crippen molar-refractivity contribution in [2.75, 3.05) is 26.2 Å². The monoisotopic (exact) mass is 565 g/mol. The van der Waals surface area contributed by atoms with E-state index in [1.807, 2.05) is 0 Å². The Labute approximate surface area is 222 Å². The third-order valence-electron chi connectivity index (χ3n) is 7.44. The molecule has 0 aliphatic carbocycles. The molecule has 0 aromatic heterocycles. The van der Waals surface area contributed by atoms with Crippen LogP contribution in [0.5, 0.6) is 0 Å². The summed E-state index contributed by atoms with van der Waals surface area (Å²) in [7, 11) is 0. The molecule has 0 saturated heterocycles. The van der Waals surface area contributed by atoms with E-state index in [0.29, 0.717) is 0 Å². The Morgan fingerprint density at radius 3 is 0.719 bits per heavy atom. The summed E-state index contributed by atoms with van der Waals surface area (Å²) in [5, 5.41) is 0. The van der Waals surface area contributed by atoms with Crippen molar-refractivity contribution in [3.05, 3.63) is 0 Å². The quantitative estimate of drug-likeness (QED) is 0.0580. The summed E-state index contributed by atoms with van der Waals surface area (Å²) in [5.74, 6) is 0. The fourth-order valence-electron chi connectivity index (χ4n) is 5.23. The second-order valence-corrected chi connectivity index (χ2v) is 10.6. The Morgan fingerprint density at radius 2 is 0.469 bits per heavy atom. The standard InChI is InChI=1S/C30H64N.HI/c1-5-9-13-17-18-19-20-21-22-26-30-31(27-23-14-10-6-2,28-24-15-11-7-3)29-25-16-12-8-4;/h5-30H2,1-4H3;1H/q+1;/p-1. The van der Waals surface area contributed by atoms with E-state index in [0.717, 1.165) is 0 Å². The molecule has 0 heterocycles. The molecule has 0 fully saturated rings. The van der Waals surface area contributed by atoms with Gasteiger partial charge in [-0.2, -0.15) is 0 Å². The van der Waals surface area contributed by atoms with Gasteiger partial charge >= 0.3 is 0 Å². The highest BCUT2D eigenvalue weighted by Gasteiger charge is 2.25. The number of rotatable bonds is 26. The molecule has 0 spiro atoms. The van der Waals surface area contributed by atoms with Gasteiger partial charge in [0.05, 0.1) is 26.2 Å². The molecule has 0 aromatic rings. The third-order valence-corrected chi connectivity index (χ3v) is 7.44. The number of unbranched alkanes of at least 4 members (excludes halogenated alkanes) is 18. The number of hydrogen-bond donors (Lipinski definition) is 0. The largest absolute Gasteiger partial charge is 1.00 e. The summed E-state index contributed by atoms with van der Waals surface area (Å²) >= 11 is 0. The zero-order valence-electron chi connectivity index (χ0n) is 23.2. The van der Waals surface area contributed by atoms with Crippen LogP contribution in [0.15, 0.2) is 0 Å². The van der Waals surface area contributed by atoms with Crippen LogP contribution in [0.1, 0.15) is 169 Å². The fourth-order valence-corrected chi connectivity index (χ4v) is 5.23. The first-order chi connectivity index (χ1) is 15.2. The second kappa shape index (κ2) is 27.9. The molecule has 0 rings (SSSR count). The normalized spacial score (nSPS) is 11.6. The van der Waals surface area contributed by atoms with Crippen LogP contribution in [-0.2, 0) is 0 Å². The Bertz CT molecular complexity index is 300. The molecule has 1 nitrogen and oxygen atoms in total. The van der Waals surface area contributed by atoms with Crippen molar-refractivity contribution in [1.82, 2.24) is 0 Å². The van der Waals surface area contributed by atoms with Crippen molar-refractivity contribution in [2.45, 2.75) is 169 Å². The summed E-state index contributed by atoms with van der Waals surface area (Å²) in [6.07, 6.45) is 31.8. The molecule has 0 aromatic carbocycles. The number of hydrogen-bond acceptors (Lipinski definition) is 0. The Hall–Kier alpha value is 0.690. The number of nitrogens with zero attached hydrogens (tertiary/aromatic N) is 1. The lowest BCUT2D eigenvalue weighted by Crippen LogP contribution is -3.00. The molecule has 0 aliphatic rings. The van der Waals surface area contributed by atoms with Gasteiger partial charge in [0.1, 0.15) is 0 Å². The maximum atomic E-state index is 2.35. The molecule has 0 unspecified atom stereocenters. The Kier molecular flexibility index (Phi) is 30.4. The Morgan fingerprint density at radius 1 is 0.281 bits per heavy atom. The van der Waals surface area contributed by atoms with E-state index in [1.165, 1.54) is 172 Å². The van der Waals surface area contributed by atoms with Crippen LogP contribution in [0.25, 0.3) is 0 Å². The molecule has 196 valence electrons. The molecule has 0 radical (unpaired) electrons. The summed E-state index contributed by atoms with van der Waals surface area (Å²) in [4.78, 5) is 0. The van der Waals surface area contributed by atoms with Gasteiger partial charge in [-0.25, -0.2) is 0 Å². The van der Waals surface area contributed by atoms with Gasteiger partial charge in [0, 0.05) is 0 Å². The van der Waals surface area contributed by atoms with Crippen LogP contribution in [-0.4, -0.2) is 30.7 Å². The highest BCUT2D eigenvalue weighted by molar-refractivity contribution is 4.54. The zero-order chi connectivity index (χ0) is 22.9. The molecule has 0 atom stereocenters. The molecule has 0 amide bonds. The lowest BCUT2D eigenvalue weighted by molar-refractivity contribution is -0.929. The van der Waals surface area contributed by atoms with Crippen LogP contribution in [0.3, 0.4) is 0 Å². The summed E-state index contributed by atoms with van der Waals surface area (Å²) < 4.78 is 1.47. The van der Waals surface area contributed by atoms with E-state index >= 15 is 0 Å². The zero-order valence-corrected chi connectivity index (χ0v) is 25.4. The molecule has 0 aliphatic heterocycles. The van der Waals surface area contributed by atoms with Crippen molar-refractivity contribution >= 4 is 0 Å². The molecule has 32 heavy (non-hydrogen) atoms. The minimum atomic E-state index is 0. The average molecular weight is 566 g/mol. The molecule has 0 bridgehead atoms. The van der Waals surface area contributed by atoms with Crippen LogP contribution < -0.4 is 24.0 Å². The van der Waals surface area contributed by atoms with Crippen molar-refractivity contribution in [3.63, 3.8) is 0 Å². The van der Waals surface area contributed by atoms with Crippen molar-refractivity contribution in [1.29, 1.82) is 0 Å². The van der Waals surface area contributed by atoms with Crippen LogP contribution in [0.2, 0.25) is 0 Å². The lowest BCUT2D eigenvalue weighted by atomic mass is 10.0. The first-order valence-corrected chi connectivity index (χ1v) is 15.1. The molecule has 0 N–H and O–H groups in total. The van der Waals surface area contributed by atoms with Gasteiger partial charge < -0.3 is 28.5 Å². The highest BCUT2D eigenvalue weighted by Crippen LogP contribution is 2.20. The van der Waals surface area contributed by atoms with Gasteiger partial charge in [0.15, 0.2) is 0 Å². The maximum Gasteiger partial charge on any atom is 0.0786 e. The summed E-state index contributed by atoms with van der Waals surface area (Å²) in [6, 6.07) is 0. The third kappa shape index (κ3) is 22.5. The minimum Gasteiger partial charge on any atom is -1.00 e. The van der Waals surface area contributed by atoms with Crippen LogP contribution in [0, 0.1) is 0 Å². The summed E-state index contributed by atoms with van der Waals surface area (Å²) in [6.45, 7) is 15.2. The van der Waals surface area contributed by atoms with Gasteiger partial charge in [-0.3, -0.25) is 0 Å². The van der Waals surface area contributed by atoms with E-state index in [4.69, 9.17) is 0 Å². The van der Waals surface area contributed by atoms with Crippen LogP contribution in [0.4, 0.5) is 0 Å². The first-order valence-electron chi connectivity index (χ1n) is 15.1. The minimum absolute atomic E-state index is 0. The molecule has 0 saturated carbocycles. The van der Waals surface area contributed by atoms with Gasteiger partial charge in [-0.1, -0.05) is 118 Å². The van der Waals surface area contributed by atoms with E-state index in [-0.39, 0.29) is 24.0 Å². The lowest BCUT2D eigenvalue weighted by Gasteiger charge is -2.39. The van der Waals surface area contributed by atoms with Gasteiger partial charge in [-0.05, 0) is 51.4 Å². The SMILES string of the molecule is CCCCCCCCCCCC[N+](CCCCCC)(CCCCCC)CCCCCC.[I-].